The number of hydrogen-bond acceptors (Lipinski definition) is 3. The van der Waals surface area contributed by atoms with Gasteiger partial charge in [0.25, 0.3) is 5.91 Å². The van der Waals surface area contributed by atoms with E-state index >= 15 is 0 Å². The molecule has 0 unspecified atom stereocenters. The summed E-state index contributed by atoms with van der Waals surface area (Å²) in [6, 6.07) is 8.92. The fourth-order valence-corrected chi connectivity index (χ4v) is 1.98. The van der Waals surface area contributed by atoms with E-state index in [2.05, 4.69) is 26.2 Å². The number of amides is 1. The molecule has 0 bridgehead atoms. The molecule has 1 aromatic heterocycles. The van der Waals surface area contributed by atoms with E-state index in [1.807, 2.05) is 26.0 Å². The molecule has 0 saturated carbocycles. The van der Waals surface area contributed by atoms with Crippen LogP contribution in [0.2, 0.25) is 0 Å². The number of aromatic nitrogens is 1. The van der Waals surface area contributed by atoms with Gasteiger partial charge in [0.05, 0.1) is 6.61 Å². The summed E-state index contributed by atoms with van der Waals surface area (Å²) in [5.41, 5.74) is 1.51. The molecule has 2 aromatic rings. The number of carbonyl (C=O) groups is 1. The number of anilines is 1. The number of nitrogens with zero attached hydrogens (tertiary/aromatic N) is 1. The Hall–Kier alpha value is -1.88. The van der Waals surface area contributed by atoms with Crippen molar-refractivity contribution >= 4 is 27.7 Å². The molecule has 104 valence electrons. The highest BCUT2D eigenvalue weighted by Crippen LogP contribution is 2.20. The van der Waals surface area contributed by atoms with E-state index < -0.39 is 0 Å². The summed E-state index contributed by atoms with van der Waals surface area (Å²) < 4.78 is 6.32. The third-order valence-corrected chi connectivity index (χ3v) is 3.18. The molecule has 4 nitrogen and oxygen atoms in total. The lowest BCUT2D eigenvalue weighted by Crippen LogP contribution is -2.13. The minimum absolute atomic E-state index is 0.189. The van der Waals surface area contributed by atoms with Gasteiger partial charge >= 0.3 is 0 Å². The van der Waals surface area contributed by atoms with Crippen LogP contribution in [0.4, 0.5) is 5.82 Å². The molecule has 0 saturated heterocycles. The molecule has 20 heavy (non-hydrogen) atoms. The van der Waals surface area contributed by atoms with E-state index in [-0.39, 0.29) is 5.91 Å². The molecule has 5 heteroatoms. The van der Waals surface area contributed by atoms with Crippen LogP contribution in [0.25, 0.3) is 0 Å². The number of ether oxygens (including phenoxy) is 1. The zero-order valence-electron chi connectivity index (χ0n) is 11.3. The van der Waals surface area contributed by atoms with Crippen LogP contribution in [0.5, 0.6) is 5.75 Å². The van der Waals surface area contributed by atoms with Crippen LogP contribution in [-0.2, 0) is 0 Å². The zero-order valence-corrected chi connectivity index (χ0v) is 12.9. The van der Waals surface area contributed by atoms with Gasteiger partial charge in [-0.25, -0.2) is 4.98 Å². The molecule has 0 fully saturated rings. The Morgan fingerprint density at radius 2 is 2.15 bits per heavy atom. The van der Waals surface area contributed by atoms with Gasteiger partial charge in [-0.05, 0) is 65.7 Å². The number of pyridine rings is 1. The quantitative estimate of drug-likeness (QED) is 0.925. The number of nitrogens with one attached hydrogen (secondary N) is 1. The molecular formula is C15H15BrN2O2. The monoisotopic (exact) mass is 334 g/mol. The van der Waals surface area contributed by atoms with E-state index in [0.717, 1.165) is 15.8 Å². The largest absolute Gasteiger partial charge is 0.494 e. The predicted molar refractivity (Wildman–Crippen MR) is 82.2 cm³/mol. The van der Waals surface area contributed by atoms with Gasteiger partial charge in [-0.2, -0.15) is 0 Å². The molecule has 0 aliphatic heterocycles. The van der Waals surface area contributed by atoms with Crippen molar-refractivity contribution in [2.24, 2.45) is 0 Å². The first-order valence-corrected chi connectivity index (χ1v) is 7.06. The highest BCUT2D eigenvalue weighted by molar-refractivity contribution is 9.10. The number of rotatable bonds is 4. The van der Waals surface area contributed by atoms with Crippen LogP contribution < -0.4 is 10.1 Å². The fraction of sp³-hybridized carbons (Fsp3) is 0.200. The van der Waals surface area contributed by atoms with Crippen molar-refractivity contribution in [3.8, 4) is 5.75 Å². The lowest BCUT2D eigenvalue weighted by Gasteiger charge is -2.09. The summed E-state index contributed by atoms with van der Waals surface area (Å²) in [7, 11) is 0. The standard InChI is InChI=1S/C15H15BrN2O2/c1-3-20-13-6-4-11(8-10(13)2)15(19)18-14-7-5-12(16)9-17-14/h4-9H,3H2,1-2H3,(H,17,18,19). The van der Waals surface area contributed by atoms with Crippen molar-refractivity contribution in [1.29, 1.82) is 0 Å². The average molecular weight is 335 g/mol. The van der Waals surface area contributed by atoms with Gasteiger partial charge in [-0.15, -0.1) is 0 Å². The summed E-state index contributed by atoms with van der Waals surface area (Å²) in [4.78, 5) is 16.2. The third-order valence-electron chi connectivity index (χ3n) is 2.71. The second-order valence-corrected chi connectivity index (χ2v) is 5.14. The Kier molecular flexibility index (Phi) is 4.74. The highest BCUT2D eigenvalue weighted by atomic mass is 79.9. The first kappa shape index (κ1) is 14.5. The maximum absolute atomic E-state index is 12.1. The van der Waals surface area contributed by atoms with Crippen LogP contribution in [0.3, 0.4) is 0 Å². The van der Waals surface area contributed by atoms with Crippen molar-refractivity contribution in [3.63, 3.8) is 0 Å². The molecule has 0 radical (unpaired) electrons. The second-order valence-electron chi connectivity index (χ2n) is 4.23. The first-order valence-electron chi connectivity index (χ1n) is 6.26. The van der Waals surface area contributed by atoms with Crippen molar-refractivity contribution in [1.82, 2.24) is 4.98 Å². The summed E-state index contributed by atoms with van der Waals surface area (Å²) in [5, 5.41) is 2.75. The molecular weight excluding hydrogens is 320 g/mol. The normalized spacial score (nSPS) is 10.2. The van der Waals surface area contributed by atoms with Crippen molar-refractivity contribution in [2.75, 3.05) is 11.9 Å². The van der Waals surface area contributed by atoms with Crippen LogP contribution in [0.1, 0.15) is 22.8 Å². The summed E-state index contributed by atoms with van der Waals surface area (Å²) in [6.07, 6.45) is 1.64. The number of benzene rings is 1. The van der Waals surface area contributed by atoms with E-state index in [4.69, 9.17) is 4.74 Å². The van der Waals surface area contributed by atoms with Crippen molar-refractivity contribution in [2.45, 2.75) is 13.8 Å². The smallest absolute Gasteiger partial charge is 0.256 e. The molecule has 0 aliphatic carbocycles. The fourth-order valence-electron chi connectivity index (χ4n) is 1.75. The maximum atomic E-state index is 12.1. The van der Waals surface area contributed by atoms with Gasteiger partial charge < -0.3 is 10.1 Å². The summed E-state index contributed by atoms with van der Waals surface area (Å²) in [5.74, 6) is 1.13. The minimum Gasteiger partial charge on any atom is -0.494 e. The van der Waals surface area contributed by atoms with Gasteiger partial charge in [-0.1, -0.05) is 0 Å². The topological polar surface area (TPSA) is 51.2 Å². The highest BCUT2D eigenvalue weighted by Gasteiger charge is 2.09. The molecule has 0 atom stereocenters. The Balaban J connectivity index is 2.13. The molecule has 1 amide bonds. The van der Waals surface area contributed by atoms with E-state index in [1.54, 1.807) is 24.4 Å². The van der Waals surface area contributed by atoms with Gasteiger partial charge in [-0.3, -0.25) is 4.79 Å². The first-order chi connectivity index (χ1) is 9.60. The van der Waals surface area contributed by atoms with Gasteiger partial charge in [0, 0.05) is 16.2 Å². The Labute approximate surface area is 126 Å². The number of carbonyl (C=O) groups excluding carboxylic acids is 1. The van der Waals surface area contributed by atoms with Crippen LogP contribution in [-0.4, -0.2) is 17.5 Å². The summed E-state index contributed by atoms with van der Waals surface area (Å²) in [6.45, 7) is 4.45. The maximum Gasteiger partial charge on any atom is 0.256 e. The van der Waals surface area contributed by atoms with Gasteiger partial charge in [0.15, 0.2) is 0 Å². The Morgan fingerprint density at radius 3 is 2.75 bits per heavy atom. The van der Waals surface area contributed by atoms with Crippen LogP contribution in [0, 0.1) is 6.92 Å². The minimum atomic E-state index is -0.189. The number of halogens is 1. The SMILES string of the molecule is CCOc1ccc(C(=O)Nc2ccc(Br)cn2)cc1C. The Morgan fingerprint density at radius 1 is 1.35 bits per heavy atom. The lowest BCUT2D eigenvalue weighted by atomic mass is 10.1. The summed E-state index contributed by atoms with van der Waals surface area (Å²) >= 11 is 3.30. The Bertz CT molecular complexity index is 612. The second kappa shape index (κ2) is 6.52. The lowest BCUT2D eigenvalue weighted by molar-refractivity contribution is 0.102. The van der Waals surface area contributed by atoms with Crippen LogP contribution >= 0.6 is 15.9 Å². The average Bonchev–Trinajstić information content (AvgIpc) is 2.44. The van der Waals surface area contributed by atoms with Gasteiger partial charge in [0.1, 0.15) is 11.6 Å². The van der Waals surface area contributed by atoms with E-state index in [1.165, 1.54) is 0 Å². The van der Waals surface area contributed by atoms with E-state index in [9.17, 15) is 4.79 Å². The zero-order chi connectivity index (χ0) is 14.5. The third kappa shape index (κ3) is 3.57. The molecule has 1 aromatic carbocycles. The number of hydrogen-bond donors (Lipinski definition) is 1. The van der Waals surface area contributed by atoms with Crippen molar-refractivity contribution in [3.05, 3.63) is 52.1 Å². The molecule has 2 rings (SSSR count). The van der Waals surface area contributed by atoms with E-state index in [0.29, 0.717) is 18.0 Å². The molecule has 1 N–H and O–H groups in total. The molecule has 0 spiro atoms. The van der Waals surface area contributed by atoms with Crippen molar-refractivity contribution < 1.29 is 9.53 Å². The predicted octanol–water partition coefficient (Wildman–Crippen LogP) is 3.80. The molecule has 1 heterocycles. The van der Waals surface area contributed by atoms with Crippen LogP contribution in [0.15, 0.2) is 41.0 Å². The van der Waals surface area contributed by atoms with Gasteiger partial charge in [0.2, 0.25) is 0 Å². The molecule has 0 aliphatic rings. The number of aryl methyl sites for hydroxylation is 1.